The number of nitrogens with one attached hydrogen (secondary N) is 1. The van der Waals surface area contributed by atoms with E-state index >= 15 is 0 Å². The molecule has 0 atom stereocenters. The van der Waals surface area contributed by atoms with Gasteiger partial charge in [-0.2, -0.15) is 0 Å². The molecule has 84 valence electrons. The maximum absolute atomic E-state index is 8.52. The van der Waals surface area contributed by atoms with Crippen LogP contribution in [0.4, 0.5) is 0 Å². The number of aliphatic hydroxyl groups is 1. The Hall–Kier alpha value is -0.900. The number of hydrogen-bond acceptors (Lipinski definition) is 3. The highest BCUT2D eigenvalue weighted by atomic mass is 16.5. The molecule has 0 fully saturated rings. The van der Waals surface area contributed by atoms with E-state index in [1.807, 2.05) is 18.2 Å². The molecule has 0 aliphatic rings. The molecular weight excluding hydrogens is 190 g/mol. The molecular formula is C12H19NO2. The van der Waals surface area contributed by atoms with Gasteiger partial charge in [0, 0.05) is 13.2 Å². The standard InChI is InChI=1S/C12H19NO2/c14-9-8-13-7-4-10-15-11-12-5-2-1-3-6-12/h1-3,5-6,13-14H,4,7-11H2. The third kappa shape index (κ3) is 6.23. The molecule has 3 nitrogen and oxygen atoms in total. The molecule has 0 aliphatic carbocycles. The van der Waals surface area contributed by atoms with Crippen molar-refractivity contribution in [3.05, 3.63) is 35.9 Å². The SMILES string of the molecule is OCCNCCCOCc1ccccc1. The Morgan fingerprint density at radius 3 is 2.67 bits per heavy atom. The molecule has 0 saturated heterocycles. The van der Waals surface area contributed by atoms with E-state index in [1.165, 1.54) is 5.56 Å². The fraction of sp³-hybridized carbons (Fsp3) is 0.500. The minimum absolute atomic E-state index is 0.199. The zero-order valence-electron chi connectivity index (χ0n) is 8.98. The third-order valence-electron chi connectivity index (χ3n) is 2.04. The highest BCUT2D eigenvalue weighted by Gasteiger charge is 1.91. The van der Waals surface area contributed by atoms with Crippen molar-refractivity contribution in [1.29, 1.82) is 0 Å². The van der Waals surface area contributed by atoms with Crippen LogP contribution in [0.2, 0.25) is 0 Å². The Balaban J connectivity index is 1.93. The van der Waals surface area contributed by atoms with Crippen LogP contribution in [0, 0.1) is 0 Å². The summed E-state index contributed by atoms with van der Waals surface area (Å²) in [5, 5.41) is 11.6. The second-order valence-electron chi connectivity index (χ2n) is 3.37. The summed E-state index contributed by atoms with van der Waals surface area (Å²) in [6, 6.07) is 10.2. The van der Waals surface area contributed by atoms with E-state index in [4.69, 9.17) is 9.84 Å². The van der Waals surface area contributed by atoms with Gasteiger partial charge in [0.05, 0.1) is 13.2 Å². The van der Waals surface area contributed by atoms with Crippen LogP contribution in [0.1, 0.15) is 12.0 Å². The number of aliphatic hydroxyl groups excluding tert-OH is 1. The van der Waals surface area contributed by atoms with E-state index in [9.17, 15) is 0 Å². The Morgan fingerprint density at radius 2 is 1.93 bits per heavy atom. The molecule has 1 aromatic carbocycles. The minimum atomic E-state index is 0.199. The van der Waals surface area contributed by atoms with E-state index < -0.39 is 0 Å². The Labute approximate surface area is 91.1 Å². The van der Waals surface area contributed by atoms with Crippen molar-refractivity contribution in [2.45, 2.75) is 13.0 Å². The zero-order valence-corrected chi connectivity index (χ0v) is 8.98. The van der Waals surface area contributed by atoms with Gasteiger partial charge in [0.15, 0.2) is 0 Å². The second-order valence-corrected chi connectivity index (χ2v) is 3.37. The van der Waals surface area contributed by atoms with Crippen LogP contribution in [0.5, 0.6) is 0 Å². The van der Waals surface area contributed by atoms with Crippen LogP contribution < -0.4 is 5.32 Å². The first-order valence-electron chi connectivity index (χ1n) is 5.36. The van der Waals surface area contributed by atoms with Gasteiger partial charge in [0.1, 0.15) is 0 Å². The summed E-state index contributed by atoms with van der Waals surface area (Å²) < 4.78 is 5.50. The third-order valence-corrected chi connectivity index (χ3v) is 2.04. The molecule has 0 aromatic heterocycles. The van der Waals surface area contributed by atoms with Gasteiger partial charge < -0.3 is 15.2 Å². The van der Waals surface area contributed by atoms with Crippen LogP contribution >= 0.6 is 0 Å². The van der Waals surface area contributed by atoms with Crippen molar-refractivity contribution < 1.29 is 9.84 Å². The lowest BCUT2D eigenvalue weighted by Crippen LogP contribution is -2.20. The maximum atomic E-state index is 8.52. The van der Waals surface area contributed by atoms with Crippen LogP contribution in [0.15, 0.2) is 30.3 Å². The van der Waals surface area contributed by atoms with Crippen molar-refractivity contribution in [3.63, 3.8) is 0 Å². The highest BCUT2D eigenvalue weighted by molar-refractivity contribution is 5.13. The van der Waals surface area contributed by atoms with E-state index in [2.05, 4.69) is 17.4 Å². The van der Waals surface area contributed by atoms with Crippen molar-refractivity contribution >= 4 is 0 Å². The van der Waals surface area contributed by atoms with Crippen molar-refractivity contribution in [2.24, 2.45) is 0 Å². The van der Waals surface area contributed by atoms with Crippen LogP contribution in [0.25, 0.3) is 0 Å². The summed E-state index contributed by atoms with van der Waals surface area (Å²) >= 11 is 0. The van der Waals surface area contributed by atoms with Gasteiger partial charge >= 0.3 is 0 Å². The Kier molecular flexibility index (Phi) is 6.83. The van der Waals surface area contributed by atoms with Crippen LogP contribution in [-0.4, -0.2) is 31.4 Å². The Bertz CT molecular complexity index is 239. The van der Waals surface area contributed by atoms with E-state index in [1.54, 1.807) is 0 Å². The summed E-state index contributed by atoms with van der Waals surface area (Å²) in [6.07, 6.45) is 0.979. The van der Waals surface area contributed by atoms with Gasteiger partial charge in [-0.05, 0) is 18.5 Å². The van der Waals surface area contributed by atoms with Crippen LogP contribution in [0.3, 0.4) is 0 Å². The smallest absolute Gasteiger partial charge is 0.0716 e. The summed E-state index contributed by atoms with van der Waals surface area (Å²) in [5.74, 6) is 0. The molecule has 0 bridgehead atoms. The molecule has 0 aliphatic heterocycles. The minimum Gasteiger partial charge on any atom is -0.395 e. The van der Waals surface area contributed by atoms with E-state index in [0.29, 0.717) is 13.2 Å². The van der Waals surface area contributed by atoms with Crippen molar-refractivity contribution in [3.8, 4) is 0 Å². The van der Waals surface area contributed by atoms with Gasteiger partial charge in [0.2, 0.25) is 0 Å². The van der Waals surface area contributed by atoms with Gasteiger partial charge in [-0.3, -0.25) is 0 Å². The fourth-order valence-corrected chi connectivity index (χ4v) is 1.27. The fourth-order valence-electron chi connectivity index (χ4n) is 1.27. The zero-order chi connectivity index (χ0) is 10.8. The molecule has 1 rings (SSSR count). The lowest BCUT2D eigenvalue weighted by atomic mass is 10.2. The lowest BCUT2D eigenvalue weighted by molar-refractivity contribution is 0.118. The summed E-state index contributed by atoms with van der Waals surface area (Å²) in [6.45, 7) is 3.20. The topological polar surface area (TPSA) is 41.5 Å². The van der Waals surface area contributed by atoms with Crippen molar-refractivity contribution in [2.75, 3.05) is 26.3 Å². The molecule has 0 heterocycles. The summed E-state index contributed by atoms with van der Waals surface area (Å²) in [4.78, 5) is 0. The molecule has 1 aromatic rings. The molecule has 2 N–H and O–H groups in total. The normalized spacial score (nSPS) is 10.5. The quantitative estimate of drug-likeness (QED) is 0.632. The van der Waals surface area contributed by atoms with Crippen LogP contribution in [-0.2, 0) is 11.3 Å². The molecule has 0 spiro atoms. The molecule has 0 amide bonds. The van der Waals surface area contributed by atoms with E-state index in [-0.39, 0.29) is 6.61 Å². The first-order chi connectivity index (χ1) is 7.43. The first kappa shape index (κ1) is 12.2. The lowest BCUT2D eigenvalue weighted by Gasteiger charge is -2.04. The maximum Gasteiger partial charge on any atom is 0.0716 e. The predicted octanol–water partition coefficient (Wildman–Crippen LogP) is 1.18. The van der Waals surface area contributed by atoms with Gasteiger partial charge in [-0.15, -0.1) is 0 Å². The monoisotopic (exact) mass is 209 g/mol. The second kappa shape index (κ2) is 8.41. The molecule has 0 saturated carbocycles. The Morgan fingerprint density at radius 1 is 1.13 bits per heavy atom. The van der Waals surface area contributed by atoms with Gasteiger partial charge in [-0.25, -0.2) is 0 Å². The van der Waals surface area contributed by atoms with E-state index in [0.717, 1.165) is 19.6 Å². The van der Waals surface area contributed by atoms with Gasteiger partial charge in [-0.1, -0.05) is 30.3 Å². The summed E-state index contributed by atoms with van der Waals surface area (Å²) in [5.41, 5.74) is 1.21. The average molecular weight is 209 g/mol. The average Bonchev–Trinajstić information content (AvgIpc) is 2.29. The largest absolute Gasteiger partial charge is 0.395 e. The number of benzene rings is 1. The highest BCUT2D eigenvalue weighted by Crippen LogP contribution is 2.00. The molecule has 15 heavy (non-hydrogen) atoms. The number of ether oxygens (including phenoxy) is 1. The summed E-state index contributed by atoms with van der Waals surface area (Å²) in [7, 11) is 0. The van der Waals surface area contributed by atoms with Crippen molar-refractivity contribution in [1.82, 2.24) is 5.32 Å². The number of hydrogen-bond donors (Lipinski definition) is 2. The first-order valence-corrected chi connectivity index (χ1v) is 5.36. The molecule has 0 unspecified atom stereocenters. The molecule has 0 radical (unpaired) electrons. The molecule has 3 heteroatoms. The predicted molar refractivity (Wildman–Crippen MR) is 60.7 cm³/mol. The van der Waals surface area contributed by atoms with Gasteiger partial charge in [0.25, 0.3) is 0 Å². The number of rotatable bonds is 8.